The largest absolute Gasteiger partial charge is 0.352 e. The van der Waals surface area contributed by atoms with Crippen molar-refractivity contribution in [1.82, 2.24) is 19.8 Å². The molecule has 3 aromatic rings. The lowest BCUT2D eigenvalue weighted by Crippen LogP contribution is -2.30. The van der Waals surface area contributed by atoms with Crippen molar-refractivity contribution in [2.24, 2.45) is 0 Å². The number of amides is 1. The van der Waals surface area contributed by atoms with Gasteiger partial charge in [0.05, 0.1) is 16.8 Å². The van der Waals surface area contributed by atoms with Crippen LogP contribution in [0, 0.1) is 13.8 Å². The van der Waals surface area contributed by atoms with Crippen molar-refractivity contribution in [2.45, 2.75) is 31.7 Å². The molecule has 2 N–H and O–H groups in total. The zero-order chi connectivity index (χ0) is 21.7. The Bertz CT molecular complexity index is 1140. The quantitative estimate of drug-likeness (QED) is 0.556. The van der Waals surface area contributed by atoms with Crippen LogP contribution in [0.3, 0.4) is 0 Å². The van der Waals surface area contributed by atoms with Crippen LogP contribution < -0.4 is 10.0 Å². The van der Waals surface area contributed by atoms with Crippen LogP contribution in [0.2, 0.25) is 5.02 Å². The average Bonchev–Trinajstić information content (AvgIpc) is 3.17. The summed E-state index contributed by atoms with van der Waals surface area (Å²) in [5, 5.41) is 7.68. The van der Waals surface area contributed by atoms with Crippen molar-refractivity contribution in [2.75, 3.05) is 6.54 Å². The minimum atomic E-state index is -3.66. The van der Waals surface area contributed by atoms with Gasteiger partial charge in [-0.05, 0) is 55.3 Å². The molecule has 158 valence electrons. The molecule has 0 saturated carbocycles. The van der Waals surface area contributed by atoms with Gasteiger partial charge in [-0.3, -0.25) is 4.79 Å². The third-order valence-electron chi connectivity index (χ3n) is 4.49. The van der Waals surface area contributed by atoms with Crippen molar-refractivity contribution in [1.29, 1.82) is 0 Å². The van der Waals surface area contributed by atoms with E-state index in [0.29, 0.717) is 17.1 Å². The van der Waals surface area contributed by atoms with Crippen LogP contribution >= 0.6 is 11.6 Å². The molecule has 9 heteroatoms. The van der Waals surface area contributed by atoms with Crippen LogP contribution in [0.4, 0.5) is 0 Å². The number of hydrogen-bond acceptors (Lipinski definition) is 4. The van der Waals surface area contributed by atoms with Gasteiger partial charge in [0.25, 0.3) is 0 Å². The zero-order valence-corrected chi connectivity index (χ0v) is 18.3. The van der Waals surface area contributed by atoms with E-state index in [0.717, 1.165) is 16.8 Å². The Kier molecular flexibility index (Phi) is 6.91. The highest BCUT2D eigenvalue weighted by Gasteiger charge is 2.17. The van der Waals surface area contributed by atoms with E-state index in [4.69, 9.17) is 11.6 Å². The fraction of sp³-hybridized carbons (Fsp3) is 0.238. The minimum absolute atomic E-state index is 0.0194. The summed E-state index contributed by atoms with van der Waals surface area (Å²) >= 11 is 5.89. The summed E-state index contributed by atoms with van der Waals surface area (Å²) in [7, 11) is -3.66. The third kappa shape index (κ3) is 5.69. The Morgan fingerprint density at radius 2 is 1.87 bits per heavy atom. The molecule has 0 aliphatic carbocycles. The van der Waals surface area contributed by atoms with E-state index in [1.807, 2.05) is 31.3 Å². The molecule has 3 rings (SSSR count). The predicted octanol–water partition coefficient (Wildman–Crippen LogP) is 3.13. The number of sulfonamides is 1. The van der Waals surface area contributed by atoms with Crippen molar-refractivity contribution in [3.8, 4) is 5.69 Å². The standard InChI is InChI=1S/C21H23ClN4O3S/c1-15-3-4-16(2)20(11-15)30(28,29)25-10-9-21(27)23-12-17-13-24-26(14-17)19-7-5-18(22)6-8-19/h3-8,11,13-14,25H,9-10,12H2,1-2H3,(H,23,27). The summed E-state index contributed by atoms with van der Waals surface area (Å²) in [4.78, 5) is 12.3. The maximum Gasteiger partial charge on any atom is 0.240 e. The van der Waals surface area contributed by atoms with Gasteiger partial charge in [-0.15, -0.1) is 0 Å². The van der Waals surface area contributed by atoms with Crippen LogP contribution in [-0.4, -0.2) is 30.7 Å². The Morgan fingerprint density at radius 1 is 1.13 bits per heavy atom. The molecule has 30 heavy (non-hydrogen) atoms. The first-order valence-electron chi connectivity index (χ1n) is 9.38. The number of nitrogens with one attached hydrogen (secondary N) is 2. The molecule has 0 aliphatic heterocycles. The molecule has 2 aromatic carbocycles. The van der Waals surface area contributed by atoms with E-state index < -0.39 is 10.0 Å². The first-order valence-corrected chi connectivity index (χ1v) is 11.2. The van der Waals surface area contributed by atoms with E-state index in [9.17, 15) is 13.2 Å². The van der Waals surface area contributed by atoms with E-state index in [1.54, 1.807) is 42.1 Å². The van der Waals surface area contributed by atoms with Gasteiger partial charge in [0.2, 0.25) is 15.9 Å². The van der Waals surface area contributed by atoms with Crippen molar-refractivity contribution in [3.63, 3.8) is 0 Å². The first kappa shape index (κ1) is 22.0. The van der Waals surface area contributed by atoms with E-state index in [2.05, 4.69) is 15.1 Å². The molecular weight excluding hydrogens is 424 g/mol. The summed E-state index contributed by atoms with van der Waals surface area (Å²) < 4.78 is 29.1. The monoisotopic (exact) mass is 446 g/mol. The number of aromatic nitrogens is 2. The van der Waals surface area contributed by atoms with Crippen LogP contribution in [0.25, 0.3) is 5.69 Å². The number of nitrogens with zero attached hydrogens (tertiary/aromatic N) is 2. The molecule has 0 unspecified atom stereocenters. The molecule has 0 aliphatic rings. The number of rotatable bonds is 8. The highest BCUT2D eigenvalue weighted by Crippen LogP contribution is 2.16. The summed E-state index contributed by atoms with van der Waals surface area (Å²) in [6, 6.07) is 12.5. The van der Waals surface area contributed by atoms with Gasteiger partial charge in [-0.25, -0.2) is 17.8 Å². The summed E-state index contributed by atoms with van der Waals surface area (Å²) in [6.07, 6.45) is 3.51. The summed E-state index contributed by atoms with van der Waals surface area (Å²) in [5.74, 6) is -0.252. The lowest BCUT2D eigenvalue weighted by molar-refractivity contribution is -0.121. The topological polar surface area (TPSA) is 93.1 Å². The third-order valence-corrected chi connectivity index (χ3v) is 6.35. The van der Waals surface area contributed by atoms with Crippen LogP contribution in [-0.2, 0) is 21.4 Å². The van der Waals surface area contributed by atoms with Gasteiger partial charge in [0.1, 0.15) is 0 Å². The Hall–Kier alpha value is -2.68. The van der Waals surface area contributed by atoms with Crippen molar-refractivity contribution < 1.29 is 13.2 Å². The smallest absolute Gasteiger partial charge is 0.240 e. The van der Waals surface area contributed by atoms with Gasteiger partial charge in [-0.2, -0.15) is 5.10 Å². The van der Waals surface area contributed by atoms with Gasteiger partial charge in [0, 0.05) is 36.3 Å². The number of carbonyl (C=O) groups is 1. The van der Waals surface area contributed by atoms with Crippen molar-refractivity contribution >= 4 is 27.5 Å². The number of benzene rings is 2. The molecule has 0 radical (unpaired) electrons. The van der Waals surface area contributed by atoms with E-state index in [-0.39, 0.29) is 23.8 Å². The van der Waals surface area contributed by atoms with Crippen LogP contribution in [0.5, 0.6) is 0 Å². The first-order chi connectivity index (χ1) is 14.2. The SMILES string of the molecule is Cc1ccc(C)c(S(=O)(=O)NCCC(=O)NCc2cnn(-c3ccc(Cl)cc3)c2)c1. The second kappa shape index (κ2) is 9.42. The van der Waals surface area contributed by atoms with Gasteiger partial charge >= 0.3 is 0 Å². The minimum Gasteiger partial charge on any atom is -0.352 e. The van der Waals surface area contributed by atoms with E-state index >= 15 is 0 Å². The molecule has 1 heterocycles. The lowest BCUT2D eigenvalue weighted by atomic mass is 10.2. The second-order valence-corrected chi connectivity index (χ2v) is 9.13. The highest BCUT2D eigenvalue weighted by atomic mass is 35.5. The molecule has 0 atom stereocenters. The number of carbonyl (C=O) groups excluding carboxylic acids is 1. The molecule has 7 nitrogen and oxygen atoms in total. The molecule has 1 aromatic heterocycles. The molecule has 0 bridgehead atoms. The molecular formula is C21H23ClN4O3S. The Labute approximate surface area is 181 Å². The molecule has 1 amide bonds. The summed E-state index contributed by atoms with van der Waals surface area (Å²) in [5.41, 5.74) is 3.21. The molecule has 0 saturated heterocycles. The van der Waals surface area contributed by atoms with Gasteiger partial charge in [0.15, 0.2) is 0 Å². The number of halogens is 1. The maximum atomic E-state index is 12.5. The fourth-order valence-corrected chi connectivity index (χ4v) is 4.33. The maximum absolute atomic E-state index is 12.5. The predicted molar refractivity (Wildman–Crippen MR) is 116 cm³/mol. The molecule has 0 fully saturated rings. The zero-order valence-electron chi connectivity index (χ0n) is 16.7. The van der Waals surface area contributed by atoms with Crippen LogP contribution in [0.1, 0.15) is 23.1 Å². The van der Waals surface area contributed by atoms with E-state index in [1.165, 1.54) is 0 Å². The number of hydrogen-bond donors (Lipinski definition) is 2. The Balaban J connectivity index is 1.48. The van der Waals surface area contributed by atoms with Crippen LogP contribution in [0.15, 0.2) is 59.8 Å². The number of aryl methyl sites for hydroxylation is 2. The molecule has 0 spiro atoms. The van der Waals surface area contributed by atoms with Crippen molar-refractivity contribution in [3.05, 3.63) is 76.6 Å². The summed E-state index contributed by atoms with van der Waals surface area (Å²) in [6.45, 7) is 3.90. The van der Waals surface area contributed by atoms with Gasteiger partial charge < -0.3 is 5.32 Å². The highest BCUT2D eigenvalue weighted by molar-refractivity contribution is 7.89. The average molecular weight is 447 g/mol. The second-order valence-electron chi connectivity index (χ2n) is 6.96. The lowest BCUT2D eigenvalue weighted by Gasteiger charge is -2.10. The normalized spacial score (nSPS) is 11.4. The Morgan fingerprint density at radius 3 is 2.60 bits per heavy atom. The van der Waals surface area contributed by atoms with Gasteiger partial charge in [-0.1, -0.05) is 23.7 Å². The fourth-order valence-electron chi connectivity index (χ4n) is 2.85.